The molecule has 0 radical (unpaired) electrons. The van der Waals surface area contributed by atoms with Gasteiger partial charge in [0.2, 0.25) is 0 Å². The maximum Gasteiger partial charge on any atom is 0.176 e. The molecule has 2 atom stereocenters. The van der Waals surface area contributed by atoms with Crippen LogP contribution in [0.25, 0.3) is 0 Å². The van der Waals surface area contributed by atoms with Gasteiger partial charge in [0, 0.05) is 26.3 Å². The summed E-state index contributed by atoms with van der Waals surface area (Å²) in [6.45, 7) is 5.92. The first kappa shape index (κ1) is 13.8. The van der Waals surface area contributed by atoms with E-state index in [-0.39, 0.29) is 6.17 Å². The summed E-state index contributed by atoms with van der Waals surface area (Å²) in [5.41, 5.74) is 0. The van der Waals surface area contributed by atoms with E-state index in [1.54, 1.807) is 14.0 Å². The maximum absolute atomic E-state index is 9.71. The lowest BCUT2D eigenvalue weighted by Gasteiger charge is -2.35. The van der Waals surface area contributed by atoms with E-state index in [0.29, 0.717) is 6.04 Å². The molecule has 1 heterocycles. The first-order valence-corrected chi connectivity index (χ1v) is 5.85. The van der Waals surface area contributed by atoms with Crippen LogP contribution in [-0.4, -0.2) is 60.3 Å². The molecular weight excluding hydrogens is 218 g/mol. The van der Waals surface area contributed by atoms with Gasteiger partial charge in [0.25, 0.3) is 0 Å². The van der Waals surface area contributed by atoms with E-state index in [1.807, 2.05) is 30.1 Å². The van der Waals surface area contributed by atoms with Crippen LogP contribution in [0.2, 0.25) is 0 Å². The van der Waals surface area contributed by atoms with Crippen molar-refractivity contribution in [2.45, 2.75) is 39.1 Å². The van der Waals surface area contributed by atoms with Crippen molar-refractivity contribution in [2.75, 3.05) is 21.2 Å². The maximum atomic E-state index is 9.71. The van der Waals surface area contributed by atoms with Crippen molar-refractivity contribution in [3.05, 3.63) is 12.0 Å². The highest BCUT2D eigenvalue weighted by atomic mass is 16.5. The van der Waals surface area contributed by atoms with Crippen molar-refractivity contribution in [3.63, 3.8) is 0 Å². The minimum absolute atomic E-state index is 0.259. The molecule has 5 heteroatoms. The number of aliphatic imine (C=N–C) groups is 1. The Morgan fingerprint density at radius 3 is 2.47 bits per heavy atom. The fourth-order valence-corrected chi connectivity index (χ4v) is 1.70. The molecule has 0 aromatic rings. The average Bonchev–Trinajstić information content (AvgIpc) is 2.26. The first-order chi connectivity index (χ1) is 7.88. The van der Waals surface area contributed by atoms with Gasteiger partial charge in [-0.1, -0.05) is 0 Å². The summed E-state index contributed by atoms with van der Waals surface area (Å²) in [6, 6.07) is 0.324. The van der Waals surface area contributed by atoms with Crippen LogP contribution in [0.1, 0.15) is 20.8 Å². The van der Waals surface area contributed by atoms with Crippen LogP contribution in [-0.2, 0) is 4.74 Å². The second kappa shape index (κ2) is 5.40. The number of nitrogens with zero attached hydrogens (tertiary/aromatic N) is 3. The predicted molar refractivity (Wildman–Crippen MR) is 68.7 cm³/mol. The molecule has 0 saturated heterocycles. The largest absolute Gasteiger partial charge is 0.491 e. The number of amidine groups is 1. The van der Waals surface area contributed by atoms with E-state index in [2.05, 4.69) is 18.8 Å². The number of aliphatic hydroxyl groups excluding tert-OH is 1. The van der Waals surface area contributed by atoms with Crippen LogP contribution < -0.4 is 0 Å². The smallest absolute Gasteiger partial charge is 0.176 e. The van der Waals surface area contributed by atoms with Crippen LogP contribution in [0.3, 0.4) is 0 Å². The Morgan fingerprint density at radius 2 is 2.06 bits per heavy atom. The molecule has 0 saturated carbocycles. The van der Waals surface area contributed by atoms with Crippen molar-refractivity contribution in [1.29, 1.82) is 0 Å². The molecule has 1 aliphatic heterocycles. The van der Waals surface area contributed by atoms with Gasteiger partial charge in [0.15, 0.2) is 11.6 Å². The summed E-state index contributed by atoms with van der Waals surface area (Å²) in [4.78, 5) is 8.46. The Morgan fingerprint density at radius 1 is 1.47 bits per heavy atom. The summed E-state index contributed by atoms with van der Waals surface area (Å²) in [5, 5.41) is 9.71. The van der Waals surface area contributed by atoms with Gasteiger partial charge in [0.1, 0.15) is 6.17 Å². The Balaban J connectivity index is 3.04. The zero-order chi connectivity index (χ0) is 13.2. The van der Waals surface area contributed by atoms with Crippen LogP contribution >= 0.6 is 0 Å². The molecule has 98 valence electrons. The fraction of sp³-hybridized carbons (Fsp3) is 0.750. The lowest BCUT2D eigenvalue weighted by atomic mass is 10.2. The van der Waals surface area contributed by atoms with Crippen LogP contribution in [0.15, 0.2) is 17.0 Å². The molecule has 0 amide bonds. The van der Waals surface area contributed by atoms with Crippen LogP contribution in [0.5, 0.6) is 0 Å². The van der Waals surface area contributed by atoms with E-state index < -0.39 is 6.10 Å². The van der Waals surface area contributed by atoms with E-state index in [4.69, 9.17) is 4.74 Å². The highest BCUT2D eigenvalue weighted by molar-refractivity contribution is 5.97. The fourth-order valence-electron chi connectivity index (χ4n) is 1.70. The van der Waals surface area contributed by atoms with Crippen LogP contribution in [0.4, 0.5) is 0 Å². The van der Waals surface area contributed by atoms with E-state index in [0.717, 1.165) is 11.6 Å². The van der Waals surface area contributed by atoms with Crippen LogP contribution in [0, 0.1) is 0 Å². The second-order valence-electron chi connectivity index (χ2n) is 4.67. The zero-order valence-electron chi connectivity index (χ0n) is 11.5. The third-order valence-corrected chi connectivity index (χ3v) is 2.97. The van der Waals surface area contributed by atoms with Gasteiger partial charge in [-0.3, -0.25) is 0 Å². The SMILES string of the molecule is COC1=CN(C)C(C(C)O)N=C1N(C)C(C)C. The lowest BCUT2D eigenvalue weighted by Crippen LogP contribution is -2.44. The third kappa shape index (κ3) is 2.91. The zero-order valence-corrected chi connectivity index (χ0v) is 11.5. The van der Waals surface area contributed by atoms with Gasteiger partial charge >= 0.3 is 0 Å². The quantitative estimate of drug-likeness (QED) is 0.796. The lowest BCUT2D eigenvalue weighted by molar-refractivity contribution is 0.0978. The molecule has 0 aliphatic carbocycles. The highest BCUT2D eigenvalue weighted by Crippen LogP contribution is 2.18. The first-order valence-electron chi connectivity index (χ1n) is 5.85. The molecule has 0 aromatic carbocycles. The highest BCUT2D eigenvalue weighted by Gasteiger charge is 2.27. The molecule has 0 aromatic heterocycles. The molecule has 17 heavy (non-hydrogen) atoms. The normalized spacial score (nSPS) is 22.1. The number of likely N-dealkylation sites (N-methyl/N-ethyl adjacent to an activating group) is 2. The summed E-state index contributed by atoms with van der Waals surface area (Å²) in [5.74, 6) is 1.51. The topological polar surface area (TPSA) is 48.3 Å². The number of rotatable bonds is 3. The standard InChI is InChI=1S/C12H23N3O2/c1-8(2)15(5)12-10(17-6)7-14(4)11(13-12)9(3)16/h7-9,11,16H,1-6H3. The molecule has 0 bridgehead atoms. The number of hydrogen-bond acceptors (Lipinski definition) is 5. The Kier molecular flexibility index (Phi) is 4.40. The van der Waals surface area contributed by atoms with Gasteiger partial charge < -0.3 is 19.6 Å². The molecule has 1 N–H and O–H groups in total. The summed E-state index contributed by atoms with van der Waals surface area (Å²) < 4.78 is 5.34. The Labute approximate surface area is 103 Å². The van der Waals surface area contributed by atoms with Crippen molar-refractivity contribution >= 4 is 5.84 Å². The van der Waals surface area contributed by atoms with E-state index in [1.165, 1.54) is 0 Å². The molecular formula is C12H23N3O2. The predicted octanol–water partition coefficient (Wildman–Crippen LogP) is 0.865. The average molecular weight is 241 g/mol. The monoisotopic (exact) mass is 241 g/mol. The molecule has 1 aliphatic rings. The van der Waals surface area contributed by atoms with Crippen molar-refractivity contribution in [2.24, 2.45) is 4.99 Å². The van der Waals surface area contributed by atoms with Crippen molar-refractivity contribution in [1.82, 2.24) is 9.80 Å². The number of ether oxygens (including phenoxy) is 1. The van der Waals surface area contributed by atoms with Gasteiger partial charge in [-0.2, -0.15) is 0 Å². The van der Waals surface area contributed by atoms with Crippen molar-refractivity contribution in [3.8, 4) is 0 Å². The van der Waals surface area contributed by atoms with Gasteiger partial charge in [-0.25, -0.2) is 4.99 Å². The molecule has 0 spiro atoms. The number of hydrogen-bond donors (Lipinski definition) is 1. The summed E-state index contributed by atoms with van der Waals surface area (Å²) in [6.07, 6.45) is 1.09. The van der Waals surface area contributed by atoms with E-state index >= 15 is 0 Å². The minimum Gasteiger partial charge on any atom is -0.491 e. The molecule has 1 rings (SSSR count). The number of methoxy groups -OCH3 is 1. The molecule has 5 nitrogen and oxygen atoms in total. The third-order valence-electron chi connectivity index (χ3n) is 2.97. The number of aliphatic hydroxyl groups is 1. The summed E-state index contributed by atoms with van der Waals surface area (Å²) >= 11 is 0. The van der Waals surface area contributed by atoms with E-state index in [9.17, 15) is 5.11 Å². The Hall–Kier alpha value is -1.23. The Bertz CT molecular complexity index is 324. The molecule has 0 fully saturated rings. The summed E-state index contributed by atoms with van der Waals surface area (Å²) in [7, 11) is 5.49. The second-order valence-corrected chi connectivity index (χ2v) is 4.67. The minimum atomic E-state index is -0.523. The van der Waals surface area contributed by atoms with Gasteiger partial charge in [-0.05, 0) is 20.8 Å². The van der Waals surface area contributed by atoms with Crippen molar-refractivity contribution < 1.29 is 9.84 Å². The molecule has 2 unspecified atom stereocenters. The van der Waals surface area contributed by atoms with Gasteiger partial charge in [-0.15, -0.1) is 0 Å². The van der Waals surface area contributed by atoms with Gasteiger partial charge in [0.05, 0.1) is 13.2 Å².